The first-order chi connectivity index (χ1) is 14.3. The largest absolute Gasteiger partial charge is 0.318 e. The Morgan fingerprint density at radius 1 is 1.13 bits per heavy atom. The van der Waals surface area contributed by atoms with Crippen LogP contribution in [-0.2, 0) is 11.2 Å². The highest BCUT2D eigenvalue weighted by Gasteiger charge is 2.39. The Labute approximate surface area is 184 Å². The molecule has 4 rings (SSSR count). The van der Waals surface area contributed by atoms with Crippen molar-refractivity contribution in [3.63, 3.8) is 0 Å². The third-order valence-electron chi connectivity index (χ3n) is 5.52. The van der Waals surface area contributed by atoms with Gasteiger partial charge in [-0.15, -0.1) is 21.5 Å². The number of nitrogens with one attached hydrogen (secondary N) is 1. The Morgan fingerprint density at radius 3 is 2.57 bits per heavy atom. The van der Waals surface area contributed by atoms with Crippen molar-refractivity contribution in [2.45, 2.75) is 47.0 Å². The van der Waals surface area contributed by atoms with Crippen LogP contribution >= 0.6 is 23.1 Å². The number of aryl methyl sites for hydroxylation is 4. The van der Waals surface area contributed by atoms with E-state index in [1.807, 2.05) is 13.0 Å². The summed E-state index contributed by atoms with van der Waals surface area (Å²) in [4.78, 5) is 13.7. The maximum absolute atomic E-state index is 13.1. The molecule has 7 heteroatoms. The fourth-order valence-corrected chi connectivity index (χ4v) is 5.62. The zero-order chi connectivity index (χ0) is 21.6. The number of ketones is 1. The van der Waals surface area contributed by atoms with Gasteiger partial charge in [0.05, 0.1) is 9.95 Å². The molecule has 1 aliphatic heterocycles. The molecule has 0 bridgehead atoms. The van der Waals surface area contributed by atoms with Gasteiger partial charge >= 0.3 is 0 Å². The summed E-state index contributed by atoms with van der Waals surface area (Å²) in [5.41, 5.74) is 6.83. The minimum Gasteiger partial charge on any atom is -0.318 e. The second kappa shape index (κ2) is 7.96. The summed E-state index contributed by atoms with van der Waals surface area (Å²) >= 11 is 2.66. The second-order valence-electron chi connectivity index (χ2n) is 7.59. The number of aromatic nitrogens is 3. The summed E-state index contributed by atoms with van der Waals surface area (Å²) in [6.07, 6.45) is 2.70. The van der Waals surface area contributed by atoms with E-state index in [4.69, 9.17) is 5.41 Å². The molecule has 0 aliphatic carbocycles. The summed E-state index contributed by atoms with van der Waals surface area (Å²) in [6, 6.07) is 8.55. The van der Waals surface area contributed by atoms with Gasteiger partial charge in [-0.25, -0.2) is 0 Å². The van der Waals surface area contributed by atoms with E-state index in [0.29, 0.717) is 15.0 Å². The van der Waals surface area contributed by atoms with E-state index >= 15 is 0 Å². The van der Waals surface area contributed by atoms with Gasteiger partial charge in [-0.1, -0.05) is 24.8 Å². The quantitative estimate of drug-likeness (QED) is 0.545. The Kier molecular flexibility index (Phi) is 5.51. The Morgan fingerprint density at radius 2 is 1.90 bits per heavy atom. The van der Waals surface area contributed by atoms with Crippen molar-refractivity contribution in [1.82, 2.24) is 14.8 Å². The van der Waals surface area contributed by atoms with Gasteiger partial charge in [-0.3, -0.25) is 10.2 Å². The van der Waals surface area contributed by atoms with Gasteiger partial charge in [0.25, 0.3) is 0 Å². The molecule has 0 saturated carbocycles. The van der Waals surface area contributed by atoms with Gasteiger partial charge in [-0.05, 0) is 75.1 Å². The molecule has 1 atom stereocenters. The van der Waals surface area contributed by atoms with Crippen LogP contribution in [0.2, 0.25) is 0 Å². The zero-order valence-corrected chi connectivity index (χ0v) is 19.4. The highest BCUT2D eigenvalue weighted by molar-refractivity contribution is 8.19. The first-order valence-corrected chi connectivity index (χ1v) is 11.5. The predicted molar refractivity (Wildman–Crippen MR) is 125 cm³/mol. The van der Waals surface area contributed by atoms with Crippen LogP contribution in [0.15, 0.2) is 29.2 Å². The van der Waals surface area contributed by atoms with Crippen molar-refractivity contribution in [1.29, 1.82) is 5.41 Å². The lowest BCUT2D eigenvalue weighted by Crippen LogP contribution is -2.11. The van der Waals surface area contributed by atoms with E-state index in [1.165, 1.54) is 34.2 Å². The molecule has 0 spiro atoms. The third kappa shape index (κ3) is 3.56. The predicted octanol–water partition coefficient (Wildman–Crippen LogP) is 5.54. The topological polar surface area (TPSA) is 71.6 Å². The molecule has 1 saturated heterocycles. The van der Waals surface area contributed by atoms with Crippen LogP contribution in [0.1, 0.15) is 50.9 Å². The van der Waals surface area contributed by atoms with Crippen molar-refractivity contribution < 1.29 is 4.79 Å². The number of carbonyl (C=O) groups excluding carboxylic acids is 1. The van der Waals surface area contributed by atoms with Crippen LogP contribution in [0, 0.1) is 33.1 Å². The Balaban J connectivity index is 1.69. The number of thioether (sulfide) groups is 1. The molecule has 5 nitrogen and oxygen atoms in total. The average Bonchev–Trinajstić information content (AvgIpc) is 3.35. The molecule has 3 aromatic rings. The summed E-state index contributed by atoms with van der Waals surface area (Å²) in [5, 5.41) is 18.5. The molecular weight excluding hydrogens is 412 g/mol. The summed E-state index contributed by atoms with van der Waals surface area (Å²) in [6.45, 7) is 10.4. The van der Waals surface area contributed by atoms with Gasteiger partial charge in [0, 0.05) is 17.1 Å². The van der Waals surface area contributed by atoms with Crippen LogP contribution in [0.4, 0.5) is 0 Å². The average molecular weight is 437 g/mol. The molecule has 154 valence electrons. The summed E-state index contributed by atoms with van der Waals surface area (Å²) in [5.74, 6) is -0.665. The van der Waals surface area contributed by atoms with Crippen LogP contribution < -0.4 is 0 Å². The van der Waals surface area contributed by atoms with Crippen LogP contribution in [0.3, 0.4) is 0 Å². The summed E-state index contributed by atoms with van der Waals surface area (Å²) in [7, 11) is 0. The number of carbonyl (C=O) groups is 1. The van der Waals surface area contributed by atoms with E-state index in [1.54, 1.807) is 0 Å². The lowest BCUT2D eigenvalue weighted by molar-refractivity contribution is -0.114. The van der Waals surface area contributed by atoms with Gasteiger partial charge < -0.3 is 4.57 Å². The normalized spacial score (nSPS) is 18.0. The fourth-order valence-electron chi connectivity index (χ4n) is 3.68. The highest BCUT2D eigenvalue weighted by Crippen LogP contribution is 2.42. The molecule has 1 aromatic carbocycles. The maximum atomic E-state index is 13.1. The number of benzene rings is 1. The van der Waals surface area contributed by atoms with Gasteiger partial charge in [0.2, 0.25) is 0 Å². The van der Waals surface area contributed by atoms with E-state index < -0.39 is 5.92 Å². The smallest absolute Gasteiger partial charge is 0.186 e. The van der Waals surface area contributed by atoms with Crippen molar-refractivity contribution in [3.8, 4) is 5.69 Å². The third-order valence-corrected chi connectivity index (χ3v) is 7.65. The number of rotatable bonds is 4. The van der Waals surface area contributed by atoms with Crippen LogP contribution in [0.5, 0.6) is 0 Å². The molecular formula is C23H24N4OS2. The van der Waals surface area contributed by atoms with E-state index in [9.17, 15) is 4.79 Å². The monoisotopic (exact) mass is 436 g/mol. The zero-order valence-electron chi connectivity index (χ0n) is 17.7. The lowest BCUT2D eigenvalue weighted by atomic mass is 10.1. The highest BCUT2D eigenvalue weighted by atomic mass is 32.2. The molecule has 2 aromatic heterocycles. The first kappa shape index (κ1) is 20.8. The molecule has 1 aliphatic rings. The summed E-state index contributed by atoms with van der Waals surface area (Å²) < 4.78 is 2.21. The molecule has 1 N–H and O–H groups in total. The molecule has 1 fully saturated rings. The molecule has 1 unspecified atom stereocenters. The lowest BCUT2D eigenvalue weighted by Gasteiger charge is -2.11. The van der Waals surface area contributed by atoms with Gasteiger partial charge in [-0.2, -0.15) is 0 Å². The van der Waals surface area contributed by atoms with Crippen LogP contribution in [-0.4, -0.2) is 25.6 Å². The Hall–Kier alpha value is -2.51. The van der Waals surface area contributed by atoms with Crippen molar-refractivity contribution in [2.75, 3.05) is 0 Å². The van der Waals surface area contributed by atoms with Crippen molar-refractivity contribution >= 4 is 40.0 Å². The molecule has 30 heavy (non-hydrogen) atoms. The minimum atomic E-state index is -0.609. The number of Topliss-reactive ketones (excluding diaryl/α,β-unsaturated/α-hetero) is 1. The number of hydrogen-bond donors (Lipinski definition) is 1. The fraction of sp³-hybridized carbons (Fsp3) is 0.304. The SMILES string of the molecule is CCc1nnc(C2C(=N)SC(=Cc3cc(C)n(-c4ccc(C)c(C)c4)c3C)C2=O)s1. The maximum Gasteiger partial charge on any atom is 0.186 e. The van der Waals surface area contributed by atoms with E-state index in [-0.39, 0.29) is 5.78 Å². The minimum absolute atomic E-state index is 0.0558. The van der Waals surface area contributed by atoms with E-state index in [0.717, 1.165) is 34.1 Å². The molecule has 0 amide bonds. The van der Waals surface area contributed by atoms with Crippen molar-refractivity contribution in [2.24, 2.45) is 0 Å². The second-order valence-corrected chi connectivity index (χ2v) is 9.77. The van der Waals surface area contributed by atoms with Gasteiger partial charge in [0.15, 0.2) is 5.78 Å². The number of nitrogens with zero attached hydrogens (tertiary/aromatic N) is 3. The Bertz CT molecular complexity index is 1200. The number of hydrogen-bond acceptors (Lipinski definition) is 6. The van der Waals surface area contributed by atoms with E-state index in [2.05, 4.69) is 66.7 Å². The number of allylic oxidation sites excluding steroid dienone is 1. The van der Waals surface area contributed by atoms with Crippen molar-refractivity contribution in [3.05, 3.63) is 67.3 Å². The first-order valence-electron chi connectivity index (χ1n) is 9.91. The van der Waals surface area contributed by atoms with Gasteiger partial charge in [0.1, 0.15) is 15.9 Å². The standard InChI is InChI=1S/C23H24N4OS2/c1-6-19-25-26-23(30-19)20-21(28)18(29-22(20)24)11-16-10-14(4)27(15(16)5)17-8-7-12(2)13(3)9-17/h7-11,20,24H,6H2,1-5H3. The molecule has 0 radical (unpaired) electrons. The molecule has 3 heterocycles. The van der Waals surface area contributed by atoms with Crippen LogP contribution in [0.25, 0.3) is 11.8 Å².